The Kier molecular flexibility index (Phi) is 6.78. The van der Waals surface area contributed by atoms with Gasteiger partial charge >= 0.3 is 0 Å². The van der Waals surface area contributed by atoms with E-state index in [-0.39, 0.29) is 49.7 Å². The van der Waals surface area contributed by atoms with E-state index in [0.717, 1.165) is 0 Å². The largest absolute Gasteiger partial charge is 0.382 e. The normalized spacial score (nSPS) is 9.57. The fourth-order valence-corrected chi connectivity index (χ4v) is 2.08. The van der Waals surface area contributed by atoms with Crippen LogP contribution in [0, 0.1) is 0 Å². The summed E-state index contributed by atoms with van der Waals surface area (Å²) in [7, 11) is 0. The zero-order valence-electron chi connectivity index (χ0n) is 6.68. The number of benzene rings is 1. The van der Waals surface area contributed by atoms with Crippen LogP contribution < -0.4 is 4.29 Å². The maximum absolute atomic E-state index is 5.71. The van der Waals surface area contributed by atoms with Crippen molar-refractivity contribution in [3.63, 3.8) is 0 Å². The van der Waals surface area contributed by atoms with Crippen molar-refractivity contribution in [1.82, 2.24) is 0 Å². The van der Waals surface area contributed by atoms with Gasteiger partial charge in [-0.1, -0.05) is 58.0 Å². The molecule has 1 aromatic rings. The molecule has 1 rings (SSSR count). The van der Waals surface area contributed by atoms with E-state index in [1.165, 1.54) is 0 Å². The summed E-state index contributed by atoms with van der Waals surface area (Å²) in [5.74, 6) is -0.00981. The molecule has 0 fully saturated rings. The third-order valence-corrected chi connectivity index (χ3v) is 3.64. The van der Waals surface area contributed by atoms with Gasteiger partial charge in [0.15, 0.2) is 5.75 Å². The molecule has 0 saturated carbocycles. The van der Waals surface area contributed by atoms with Gasteiger partial charge in [0.2, 0.25) is 0 Å². The van der Waals surface area contributed by atoms with Gasteiger partial charge in [-0.15, -0.1) is 0 Å². The minimum Gasteiger partial charge on any atom is -0.382 e. The molecule has 8 heteroatoms. The third-order valence-electron chi connectivity index (χ3n) is 1.25. The summed E-state index contributed by atoms with van der Waals surface area (Å²) in [6.07, 6.45) is 0. The van der Waals surface area contributed by atoms with Crippen molar-refractivity contribution in [3.05, 3.63) is 25.1 Å². The van der Waals surface area contributed by atoms with E-state index >= 15 is 0 Å². The molecule has 0 heterocycles. The van der Waals surface area contributed by atoms with Crippen molar-refractivity contribution in [2.75, 3.05) is 0 Å². The predicted octanol–water partition coefficient (Wildman–Crippen LogP) is 5.11. The Morgan fingerprint density at radius 1 is 0.643 bits per heavy atom. The molecular formula is C6Cl6LiO. The van der Waals surface area contributed by atoms with E-state index in [0.29, 0.717) is 0 Å². The fourth-order valence-electron chi connectivity index (χ4n) is 0.652. The van der Waals surface area contributed by atoms with Crippen molar-refractivity contribution in [3.8, 4) is 5.75 Å². The molecule has 0 aliphatic carbocycles. The van der Waals surface area contributed by atoms with Crippen LogP contribution in [0.15, 0.2) is 0 Å². The first-order valence-corrected chi connectivity index (χ1v) is 5.00. The Labute approximate surface area is 123 Å². The predicted molar refractivity (Wildman–Crippen MR) is 63.7 cm³/mol. The molecule has 0 bridgehead atoms. The Bertz CT molecular complexity index is 326. The van der Waals surface area contributed by atoms with Crippen LogP contribution in [0.2, 0.25) is 25.1 Å². The van der Waals surface area contributed by atoms with Gasteiger partial charge in [-0.05, 0) is 0 Å². The standard InChI is InChI=1S/C6Cl6O.Li/c7-1-2(8)4(10)6(13-12)5(11)3(1)9;. The first kappa shape index (κ1) is 15.4. The number of hydrogen-bond donors (Lipinski definition) is 0. The molecule has 0 aromatic heterocycles. The van der Waals surface area contributed by atoms with E-state index < -0.39 is 0 Å². The van der Waals surface area contributed by atoms with Gasteiger partial charge in [-0.2, -0.15) is 0 Å². The van der Waals surface area contributed by atoms with Crippen LogP contribution in [0.3, 0.4) is 0 Å². The molecule has 14 heavy (non-hydrogen) atoms. The topological polar surface area (TPSA) is 9.23 Å². The summed E-state index contributed by atoms with van der Waals surface area (Å²) in [5.41, 5.74) is 0. The van der Waals surface area contributed by atoms with E-state index in [1.54, 1.807) is 0 Å². The average Bonchev–Trinajstić information content (AvgIpc) is 2.13. The van der Waals surface area contributed by atoms with Crippen LogP contribution in [0.1, 0.15) is 0 Å². The summed E-state index contributed by atoms with van der Waals surface area (Å²) >= 11 is 33.6. The van der Waals surface area contributed by atoms with Crippen LogP contribution in [0.4, 0.5) is 0 Å². The van der Waals surface area contributed by atoms with E-state index in [1.807, 2.05) is 0 Å². The average molecular weight is 308 g/mol. The minimum atomic E-state index is -0.00981. The zero-order valence-corrected chi connectivity index (χ0v) is 11.2. The molecule has 0 saturated heterocycles. The van der Waals surface area contributed by atoms with E-state index in [2.05, 4.69) is 4.29 Å². The number of halogens is 6. The molecule has 1 nitrogen and oxygen atoms in total. The summed E-state index contributed by atoms with van der Waals surface area (Å²) in [4.78, 5) is 0. The maximum atomic E-state index is 5.71. The molecule has 0 unspecified atom stereocenters. The maximum Gasteiger partial charge on any atom is 0.186 e. The van der Waals surface area contributed by atoms with E-state index in [4.69, 9.17) is 69.9 Å². The molecular weight excluding hydrogens is 308 g/mol. The quantitative estimate of drug-likeness (QED) is 0.398. The van der Waals surface area contributed by atoms with Gasteiger partial charge in [0, 0.05) is 18.9 Å². The molecule has 1 aromatic carbocycles. The summed E-state index contributed by atoms with van der Waals surface area (Å²) in [6.45, 7) is 0. The zero-order chi connectivity index (χ0) is 10.2. The van der Waals surface area contributed by atoms with E-state index in [9.17, 15) is 0 Å². The fraction of sp³-hybridized carbons (Fsp3) is 0. The molecule has 73 valence electrons. The van der Waals surface area contributed by atoms with Crippen molar-refractivity contribution >= 4 is 88.7 Å². The van der Waals surface area contributed by atoms with Crippen molar-refractivity contribution in [2.24, 2.45) is 0 Å². The minimum absolute atomic E-state index is 0. The third kappa shape index (κ3) is 2.73. The Morgan fingerprint density at radius 3 is 1.21 bits per heavy atom. The van der Waals surface area contributed by atoms with Crippen LogP contribution in [0.5, 0.6) is 5.75 Å². The van der Waals surface area contributed by atoms with Crippen LogP contribution in [-0.2, 0) is 0 Å². The second-order valence-corrected chi connectivity index (χ2v) is 4.02. The van der Waals surface area contributed by atoms with Gasteiger partial charge in [-0.25, -0.2) is 0 Å². The SMILES string of the molecule is ClOc1c(Cl)c(Cl)c(Cl)c(Cl)c1Cl.[Li]. The van der Waals surface area contributed by atoms with Crippen LogP contribution >= 0.6 is 69.9 Å². The van der Waals surface area contributed by atoms with Crippen LogP contribution in [0.25, 0.3) is 0 Å². The molecule has 0 amide bonds. The van der Waals surface area contributed by atoms with Gasteiger partial charge < -0.3 is 4.29 Å². The smallest absolute Gasteiger partial charge is 0.186 e. The Hall–Kier alpha value is 1.36. The summed E-state index contributed by atoms with van der Waals surface area (Å²) in [5, 5.41) is 0.213. The van der Waals surface area contributed by atoms with Gasteiger partial charge in [0.1, 0.15) is 21.9 Å². The molecule has 0 N–H and O–H groups in total. The second-order valence-electron chi connectivity index (χ2n) is 1.98. The monoisotopic (exact) mass is 305 g/mol. The Balaban J connectivity index is 0.00000169. The van der Waals surface area contributed by atoms with Gasteiger partial charge in [-0.3, -0.25) is 0 Å². The van der Waals surface area contributed by atoms with Gasteiger partial charge in [0.25, 0.3) is 0 Å². The van der Waals surface area contributed by atoms with Crippen molar-refractivity contribution < 1.29 is 4.29 Å². The van der Waals surface area contributed by atoms with Crippen LogP contribution in [-0.4, -0.2) is 18.9 Å². The molecule has 0 aliphatic rings. The van der Waals surface area contributed by atoms with Gasteiger partial charge in [0.05, 0.1) is 15.1 Å². The summed E-state index contributed by atoms with van der Waals surface area (Å²) in [6, 6.07) is 0. The summed E-state index contributed by atoms with van der Waals surface area (Å²) < 4.78 is 4.37. The molecule has 1 radical (unpaired) electrons. The first-order chi connectivity index (χ1) is 6.00. The molecule has 0 aliphatic heterocycles. The number of rotatable bonds is 1. The molecule has 0 spiro atoms. The number of hydrogen-bond acceptors (Lipinski definition) is 1. The molecule has 0 atom stereocenters. The first-order valence-electron chi connectivity index (χ1n) is 2.80. The van der Waals surface area contributed by atoms with Crippen molar-refractivity contribution in [1.29, 1.82) is 0 Å². The second kappa shape index (κ2) is 6.18. The van der Waals surface area contributed by atoms with Crippen molar-refractivity contribution in [2.45, 2.75) is 0 Å². The Morgan fingerprint density at radius 2 is 0.929 bits per heavy atom.